The third-order valence-corrected chi connectivity index (χ3v) is 2.85. The van der Waals surface area contributed by atoms with E-state index in [4.69, 9.17) is 10.5 Å². The second-order valence-electron chi connectivity index (χ2n) is 5.19. The number of carbonyl (C=O) groups is 2. The number of hydrogen-bond donors (Lipinski definition) is 1. The van der Waals surface area contributed by atoms with Crippen LogP contribution >= 0.6 is 0 Å². The molecule has 2 N–H and O–H groups in total. The molecule has 4 heteroatoms. The van der Waals surface area contributed by atoms with Crippen LogP contribution in [-0.4, -0.2) is 11.9 Å². The summed E-state index contributed by atoms with van der Waals surface area (Å²) in [6.45, 7) is 8.13. The first-order chi connectivity index (χ1) is 8.82. The molecule has 1 aromatic carbocycles. The van der Waals surface area contributed by atoms with E-state index in [0.717, 1.165) is 11.1 Å². The molecule has 0 aromatic heterocycles. The van der Waals surface area contributed by atoms with Crippen LogP contribution in [0, 0.1) is 0 Å². The van der Waals surface area contributed by atoms with E-state index in [1.165, 1.54) is 0 Å². The topological polar surface area (TPSA) is 69.4 Å². The average Bonchev–Trinajstić information content (AvgIpc) is 2.27. The Morgan fingerprint density at radius 2 is 1.58 bits per heavy atom. The lowest BCUT2D eigenvalue weighted by Crippen LogP contribution is -2.21. The maximum atomic E-state index is 11.6. The van der Waals surface area contributed by atoms with Gasteiger partial charge in [-0.2, -0.15) is 0 Å². The summed E-state index contributed by atoms with van der Waals surface area (Å²) >= 11 is 0. The van der Waals surface area contributed by atoms with Crippen LogP contribution < -0.4 is 10.5 Å². The number of esters is 1. The lowest BCUT2D eigenvalue weighted by Gasteiger charge is -2.18. The van der Waals surface area contributed by atoms with Gasteiger partial charge in [0, 0.05) is 0 Å². The van der Waals surface area contributed by atoms with Crippen molar-refractivity contribution in [3.05, 3.63) is 29.3 Å². The Morgan fingerprint density at radius 3 is 1.95 bits per heavy atom. The van der Waals surface area contributed by atoms with Crippen molar-refractivity contribution in [3.8, 4) is 5.75 Å². The van der Waals surface area contributed by atoms with Crippen LogP contribution in [-0.2, 0) is 9.59 Å². The molecule has 1 aromatic rings. The summed E-state index contributed by atoms with van der Waals surface area (Å²) in [7, 11) is 0. The van der Waals surface area contributed by atoms with Gasteiger partial charge in [0.25, 0.3) is 0 Å². The molecule has 0 heterocycles. The van der Waals surface area contributed by atoms with Crippen LogP contribution in [0.25, 0.3) is 0 Å². The summed E-state index contributed by atoms with van der Waals surface area (Å²) < 4.78 is 5.37. The van der Waals surface area contributed by atoms with Gasteiger partial charge in [-0.25, -0.2) is 0 Å². The third kappa shape index (κ3) is 4.09. The zero-order valence-corrected chi connectivity index (χ0v) is 11.9. The number of hydrogen-bond acceptors (Lipinski definition) is 3. The lowest BCUT2D eigenvalue weighted by atomic mass is 9.94. The number of nitrogens with two attached hydrogens (primary N) is 1. The molecular formula is C15H21NO3. The summed E-state index contributed by atoms with van der Waals surface area (Å²) in [6.07, 6.45) is -0.399. The normalized spacial score (nSPS) is 10.8. The van der Waals surface area contributed by atoms with Crippen LogP contribution in [0.3, 0.4) is 0 Å². The van der Waals surface area contributed by atoms with Crippen LogP contribution in [0.15, 0.2) is 18.2 Å². The van der Waals surface area contributed by atoms with Crippen molar-refractivity contribution in [2.75, 3.05) is 0 Å². The second-order valence-corrected chi connectivity index (χ2v) is 5.19. The van der Waals surface area contributed by atoms with Gasteiger partial charge in [0.05, 0.1) is 0 Å². The van der Waals surface area contributed by atoms with Crippen LogP contribution in [0.1, 0.15) is 57.1 Å². The van der Waals surface area contributed by atoms with Crippen molar-refractivity contribution in [1.29, 1.82) is 0 Å². The van der Waals surface area contributed by atoms with Crippen molar-refractivity contribution in [3.63, 3.8) is 0 Å². The van der Waals surface area contributed by atoms with E-state index in [1.807, 2.05) is 45.9 Å². The van der Waals surface area contributed by atoms with Gasteiger partial charge in [-0.1, -0.05) is 45.9 Å². The molecule has 0 bridgehead atoms. The molecule has 4 nitrogen and oxygen atoms in total. The van der Waals surface area contributed by atoms with Crippen molar-refractivity contribution < 1.29 is 14.3 Å². The van der Waals surface area contributed by atoms with Gasteiger partial charge in [0.2, 0.25) is 5.91 Å². The van der Waals surface area contributed by atoms with Crippen molar-refractivity contribution in [1.82, 2.24) is 0 Å². The van der Waals surface area contributed by atoms with E-state index in [1.54, 1.807) is 0 Å². The molecule has 0 aliphatic rings. The minimum atomic E-state index is -0.682. The Balaban J connectivity index is 3.14. The molecule has 0 atom stereocenters. The van der Waals surface area contributed by atoms with E-state index >= 15 is 0 Å². The first-order valence-corrected chi connectivity index (χ1v) is 6.44. The van der Waals surface area contributed by atoms with Crippen molar-refractivity contribution in [2.45, 2.75) is 46.0 Å². The highest BCUT2D eigenvalue weighted by molar-refractivity contribution is 5.94. The minimum Gasteiger partial charge on any atom is -0.426 e. The van der Waals surface area contributed by atoms with Crippen LogP contribution in [0.4, 0.5) is 0 Å². The number of rotatable bonds is 5. The number of carbonyl (C=O) groups excluding carboxylic acids is 2. The Bertz CT molecular complexity index is 452. The predicted octanol–water partition coefficient (Wildman–Crippen LogP) is 2.71. The zero-order valence-electron chi connectivity index (χ0n) is 11.9. The van der Waals surface area contributed by atoms with Gasteiger partial charge in [-0.3, -0.25) is 9.59 Å². The molecule has 19 heavy (non-hydrogen) atoms. The fourth-order valence-corrected chi connectivity index (χ4v) is 1.89. The van der Waals surface area contributed by atoms with Gasteiger partial charge in [0.15, 0.2) is 0 Å². The molecule has 0 aliphatic carbocycles. The fraction of sp³-hybridized carbons (Fsp3) is 0.467. The summed E-state index contributed by atoms with van der Waals surface area (Å²) in [5.74, 6) is -0.260. The minimum absolute atomic E-state index is 0.232. The summed E-state index contributed by atoms with van der Waals surface area (Å²) in [5.41, 5.74) is 6.93. The second kappa shape index (κ2) is 6.36. The number of amides is 1. The molecule has 1 amide bonds. The highest BCUT2D eigenvalue weighted by Gasteiger charge is 2.18. The molecule has 0 unspecified atom stereocenters. The highest BCUT2D eigenvalue weighted by atomic mass is 16.5. The molecule has 0 radical (unpaired) electrons. The molecule has 104 valence electrons. The summed E-state index contributed by atoms with van der Waals surface area (Å²) in [5, 5.41) is 0. The van der Waals surface area contributed by atoms with Gasteiger partial charge in [0.1, 0.15) is 12.2 Å². The smallest absolute Gasteiger partial charge is 0.320 e. The van der Waals surface area contributed by atoms with Crippen molar-refractivity contribution in [2.24, 2.45) is 5.73 Å². The van der Waals surface area contributed by atoms with Gasteiger partial charge in [-0.15, -0.1) is 0 Å². The van der Waals surface area contributed by atoms with Gasteiger partial charge in [-0.05, 0) is 23.0 Å². The largest absolute Gasteiger partial charge is 0.426 e. The summed E-state index contributed by atoms with van der Waals surface area (Å²) in [4.78, 5) is 22.4. The SMILES string of the molecule is CC(C)c1cccc(C(C)C)c1OC(=O)CC(N)=O. The Hall–Kier alpha value is -1.84. The molecular weight excluding hydrogens is 242 g/mol. The van der Waals surface area contributed by atoms with Gasteiger partial charge < -0.3 is 10.5 Å². The fourth-order valence-electron chi connectivity index (χ4n) is 1.89. The van der Waals surface area contributed by atoms with Gasteiger partial charge >= 0.3 is 5.97 Å². The third-order valence-electron chi connectivity index (χ3n) is 2.85. The molecule has 0 saturated heterocycles. The van der Waals surface area contributed by atoms with E-state index in [0.29, 0.717) is 5.75 Å². The number of primary amides is 1. The number of para-hydroxylation sites is 1. The standard InChI is InChI=1S/C15H21NO3/c1-9(2)11-6-5-7-12(10(3)4)15(11)19-14(18)8-13(16)17/h5-7,9-10H,8H2,1-4H3,(H2,16,17). The number of ether oxygens (including phenoxy) is 1. The van der Waals surface area contributed by atoms with E-state index in [9.17, 15) is 9.59 Å². The molecule has 0 aliphatic heterocycles. The molecule has 0 fully saturated rings. The van der Waals surface area contributed by atoms with Crippen LogP contribution in [0.5, 0.6) is 5.75 Å². The monoisotopic (exact) mass is 263 g/mol. The maximum absolute atomic E-state index is 11.6. The first kappa shape index (κ1) is 15.2. The zero-order chi connectivity index (χ0) is 14.6. The first-order valence-electron chi connectivity index (χ1n) is 6.44. The lowest BCUT2D eigenvalue weighted by molar-refractivity contribution is -0.137. The highest BCUT2D eigenvalue weighted by Crippen LogP contribution is 2.34. The molecule has 1 rings (SSSR count). The number of benzene rings is 1. The predicted molar refractivity (Wildman–Crippen MR) is 74.1 cm³/mol. The Labute approximate surface area is 113 Å². The Kier molecular flexibility index (Phi) is 5.10. The van der Waals surface area contributed by atoms with E-state index in [-0.39, 0.29) is 11.8 Å². The maximum Gasteiger partial charge on any atom is 0.320 e. The van der Waals surface area contributed by atoms with Crippen LogP contribution in [0.2, 0.25) is 0 Å². The summed E-state index contributed by atoms with van der Waals surface area (Å²) in [6, 6.07) is 5.82. The molecule has 0 spiro atoms. The van der Waals surface area contributed by atoms with E-state index in [2.05, 4.69) is 0 Å². The van der Waals surface area contributed by atoms with E-state index < -0.39 is 18.3 Å². The average molecular weight is 263 g/mol. The quantitative estimate of drug-likeness (QED) is 0.504. The van der Waals surface area contributed by atoms with Crippen molar-refractivity contribution >= 4 is 11.9 Å². The molecule has 0 saturated carbocycles. The Morgan fingerprint density at radius 1 is 1.11 bits per heavy atom.